The van der Waals surface area contributed by atoms with E-state index in [4.69, 9.17) is 27.7 Å². The predicted molar refractivity (Wildman–Crippen MR) is 182 cm³/mol. The highest BCUT2D eigenvalue weighted by molar-refractivity contribution is 5.92. The molecular formula is C34H59N7O3. The Bertz CT molecular complexity index is 1310. The van der Waals surface area contributed by atoms with Crippen molar-refractivity contribution in [3.8, 4) is 0 Å². The van der Waals surface area contributed by atoms with Crippen LogP contribution in [0.5, 0.6) is 0 Å². The van der Waals surface area contributed by atoms with Crippen molar-refractivity contribution in [2.75, 3.05) is 26.7 Å². The molecule has 10 nitrogen and oxygen atoms in total. The molecule has 1 aromatic heterocycles. The Morgan fingerprint density at radius 2 is 1.48 bits per heavy atom. The number of methoxy groups -OCH3 is 1. The smallest absolute Gasteiger partial charge is 0.313 e. The minimum atomic E-state index is -0.953. The molecular weight excluding hydrogens is 554 g/mol. The molecule has 0 saturated carbocycles. The molecule has 10 N–H and O–H groups in total. The van der Waals surface area contributed by atoms with Crippen molar-refractivity contribution in [1.82, 2.24) is 10.3 Å². The lowest BCUT2D eigenvalue weighted by molar-refractivity contribution is -0.154. The van der Waals surface area contributed by atoms with Crippen LogP contribution in [-0.2, 0) is 37.0 Å². The van der Waals surface area contributed by atoms with Crippen LogP contribution in [0.15, 0.2) is 17.1 Å². The number of hydrogen-bond acceptors (Lipinski definition) is 6. The third kappa shape index (κ3) is 8.97. The highest BCUT2D eigenvalue weighted by Crippen LogP contribution is 2.41. The molecule has 1 heterocycles. The Balaban J connectivity index is 2.70. The van der Waals surface area contributed by atoms with Gasteiger partial charge in [0.1, 0.15) is 6.04 Å². The molecule has 0 aliphatic heterocycles. The lowest BCUT2D eigenvalue weighted by Gasteiger charge is -2.32. The minimum absolute atomic E-state index is 0.0536. The van der Waals surface area contributed by atoms with E-state index >= 15 is 0 Å². The standard InChI is InChI=1S/C34H59N7O3/c1-31(2,3)21-17-23(32(4,5)6)26-22(27(33(7,8)9)40-24(26)18-21)19-25(41-30(37)38)28(42)39-20-34(13-11-15-35,14-12-16-36)29(43)44-10/h17-18,25,40H,11-16,19-20,35-36H2,1-10H3,(H,39,42)(H4,37,38,41). The van der Waals surface area contributed by atoms with Crippen LogP contribution in [0, 0.1) is 5.41 Å². The van der Waals surface area contributed by atoms with Gasteiger partial charge in [-0.05, 0) is 72.4 Å². The number of carbonyl (C=O) groups is 2. The topological polar surface area (TPSA) is 188 Å². The molecule has 2 rings (SSSR count). The Morgan fingerprint density at radius 3 is 1.91 bits per heavy atom. The maximum absolute atomic E-state index is 13.9. The number of esters is 1. The summed E-state index contributed by atoms with van der Waals surface area (Å²) in [5, 5.41) is 4.10. The average molecular weight is 614 g/mol. The number of benzene rings is 1. The van der Waals surface area contributed by atoms with E-state index in [2.05, 4.69) is 89.7 Å². The van der Waals surface area contributed by atoms with Gasteiger partial charge in [-0.3, -0.25) is 9.59 Å². The highest BCUT2D eigenvalue weighted by atomic mass is 16.5. The van der Waals surface area contributed by atoms with Crippen LogP contribution < -0.4 is 28.3 Å². The summed E-state index contributed by atoms with van der Waals surface area (Å²) in [6.07, 6.45) is 2.40. The number of H-pyrrole nitrogens is 1. The molecule has 0 bridgehead atoms. The number of nitrogens with zero attached hydrogens (tertiary/aromatic N) is 1. The molecule has 1 amide bonds. The zero-order valence-electron chi connectivity index (χ0n) is 28.9. The van der Waals surface area contributed by atoms with Gasteiger partial charge in [-0.25, -0.2) is 4.99 Å². The summed E-state index contributed by atoms with van der Waals surface area (Å²) in [5.74, 6) is -0.946. The van der Waals surface area contributed by atoms with Crippen molar-refractivity contribution < 1.29 is 14.3 Å². The van der Waals surface area contributed by atoms with Crippen molar-refractivity contribution >= 4 is 28.7 Å². The van der Waals surface area contributed by atoms with Crippen molar-refractivity contribution in [2.24, 2.45) is 33.3 Å². The minimum Gasteiger partial charge on any atom is -0.469 e. The third-order valence-corrected chi connectivity index (χ3v) is 8.37. The summed E-state index contributed by atoms with van der Waals surface area (Å²) in [6.45, 7) is 20.6. The van der Waals surface area contributed by atoms with Gasteiger partial charge in [-0.1, -0.05) is 68.4 Å². The van der Waals surface area contributed by atoms with Gasteiger partial charge < -0.3 is 38.0 Å². The van der Waals surface area contributed by atoms with E-state index in [1.54, 1.807) is 0 Å². The van der Waals surface area contributed by atoms with E-state index < -0.39 is 17.4 Å². The van der Waals surface area contributed by atoms with Crippen LogP contribution in [0.1, 0.15) is 110 Å². The third-order valence-electron chi connectivity index (χ3n) is 8.37. The Kier molecular flexibility index (Phi) is 12.1. The van der Waals surface area contributed by atoms with Crippen LogP contribution >= 0.6 is 0 Å². The van der Waals surface area contributed by atoms with E-state index in [0.29, 0.717) is 38.8 Å². The summed E-state index contributed by atoms with van der Waals surface area (Å²) in [5.41, 5.74) is 27.4. The summed E-state index contributed by atoms with van der Waals surface area (Å²) in [7, 11) is 1.36. The number of nitrogens with two attached hydrogens (primary N) is 4. The molecule has 0 radical (unpaired) electrons. The van der Waals surface area contributed by atoms with Crippen LogP contribution in [0.25, 0.3) is 10.9 Å². The fourth-order valence-electron chi connectivity index (χ4n) is 5.89. The van der Waals surface area contributed by atoms with Gasteiger partial charge in [0, 0.05) is 35.0 Å². The number of aromatic nitrogens is 1. The first kappa shape index (κ1) is 37.1. The fourth-order valence-corrected chi connectivity index (χ4v) is 5.89. The second-order valence-electron chi connectivity index (χ2n) is 15.2. The van der Waals surface area contributed by atoms with Gasteiger partial charge in [0.2, 0.25) is 5.91 Å². The number of aromatic amines is 1. The summed E-state index contributed by atoms with van der Waals surface area (Å²) in [4.78, 5) is 35.1. The van der Waals surface area contributed by atoms with E-state index in [1.165, 1.54) is 18.2 Å². The van der Waals surface area contributed by atoms with Crippen LogP contribution in [-0.4, -0.2) is 55.6 Å². The van der Waals surface area contributed by atoms with Gasteiger partial charge in [0.05, 0.1) is 12.5 Å². The van der Waals surface area contributed by atoms with E-state index in [0.717, 1.165) is 22.2 Å². The largest absolute Gasteiger partial charge is 0.469 e. The van der Waals surface area contributed by atoms with E-state index in [9.17, 15) is 9.59 Å². The Hall–Kier alpha value is -3.11. The van der Waals surface area contributed by atoms with Crippen molar-refractivity contribution in [3.05, 3.63) is 34.5 Å². The number of nitrogens with one attached hydrogen (secondary N) is 2. The van der Waals surface area contributed by atoms with Crippen molar-refractivity contribution in [3.63, 3.8) is 0 Å². The first-order valence-corrected chi connectivity index (χ1v) is 15.8. The summed E-state index contributed by atoms with van der Waals surface area (Å²) in [6, 6.07) is 3.59. The molecule has 44 heavy (non-hydrogen) atoms. The number of amides is 1. The first-order valence-electron chi connectivity index (χ1n) is 15.8. The Morgan fingerprint density at radius 1 is 0.909 bits per heavy atom. The number of hydrogen-bond donors (Lipinski definition) is 6. The fraction of sp³-hybridized carbons (Fsp3) is 0.676. The van der Waals surface area contributed by atoms with Gasteiger partial charge >= 0.3 is 5.97 Å². The van der Waals surface area contributed by atoms with E-state index in [1.807, 2.05) is 0 Å². The number of guanidine groups is 1. The number of aliphatic imine (C=N–C) groups is 1. The molecule has 0 saturated heterocycles. The van der Waals surface area contributed by atoms with Crippen LogP contribution in [0.2, 0.25) is 0 Å². The molecule has 0 aliphatic rings. The molecule has 0 fully saturated rings. The molecule has 1 unspecified atom stereocenters. The summed E-state index contributed by atoms with van der Waals surface area (Å²) >= 11 is 0. The first-order chi connectivity index (χ1) is 20.2. The summed E-state index contributed by atoms with van der Waals surface area (Å²) < 4.78 is 5.19. The van der Waals surface area contributed by atoms with Gasteiger partial charge in [0.15, 0.2) is 5.96 Å². The maximum atomic E-state index is 13.9. The second kappa shape index (κ2) is 14.3. The molecule has 0 spiro atoms. The van der Waals surface area contributed by atoms with Crippen LogP contribution in [0.4, 0.5) is 0 Å². The van der Waals surface area contributed by atoms with Crippen LogP contribution in [0.3, 0.4) is 0 Å². The zero-order chi connectivity index (χ0) is 33.7. The van der Waals surface area contributed by atoms with Gasteiger partial charge in [-0.15, -0.1) is 0 Å². The lowest BCUT2D eigenvalue weighted by atomic mass is 9.77. The monoisotopic (exact) mass is 613 g/mol. The quantitative estimate of drug-likeness (QED) is 0.112. The van der Waals surface area contributed by atoms with Crippen molar-refractivity contribution in [1.29, 1.82) is 0 Å². The second-order valence-corrected chi connectivity index (χ2v) is 15.2. The number of rotatable bonds is 13. The number of fused-ring (bicyclic) bond motifs is 1. The Labute approximate surface area is 264 Å². The maximum Gasteiger partial charge on any atom is 0.313 e. The van der Waals surface area contributed by atoms with Gasteiger partial charge in [0.25, 0.3) is 0 Å². The highest BCUT2D eigenvalue weighted by Gasteiger charge is 2.40. The predicted octanol–water partition coefficient (Wildman–Crippen LogP) is 4.00. The number of carbonyl (C=O) groups excluding carboxylic acids is 2. The normalized spacial score (nSPS) is 13.5. The molecule has 1 aromatic carbocycles. The molecule has 10 heteroatoms. The average Bonchev–Trinajstić information content (AvgIpc) is 3.29. The zero-order valence-corrected chi connectivity index (χ0v) is 28.9. The van der Waals surface area contributed by atoms with E-state index in [-0.39, 0.29) is 41.1 Å². The molecule has 0 aliphatic carbocycles. The molecule has 248 valence electrons. The molecule has 2 aromatic rings. The number of ether oxygens (including phenoxy) is 1. The lowest BCUT2D eigenvalue weighted by Crippen LogP contribution is -2.47. The SMILES string of the molecule is COC(=O)C(CCCN)(CCCN)CNC(=O)C(Cc1c(C(C)(C)C)[nH]c2cc(C(C)(C)C)cc(C(C)(C)C)c12)N=C(N)N. The van der Waals surface area contributed by atoms with Gasteiger partial charge in [-0.2, -0.15) is 0 Å². The molecule has 1 atom stereocenters. The van der Waals surface area contributed by atoms with Crippen molar-refractivity contribution in [2.45, 2.75) is 117 Å².